The molecule has 3 aliphatic carbocycles. The second-order valence-corrected chi connectivity index (χ2v) is 17.6. The van der Waals surface area contributed by atoms with Gasteiger partial charge in [0.25, 0.3) is 0 Å². The van der Waals surface area contributed by atoms with Gasteiger partial charge in [0.05, 0.1) is 14.7 Å². The van der Waals surface area contributed by atoms with Crippen molar-refractivity contribution in [1.82, 2.24) is 9.44 Å². The van der Waals surface area contributed by atoms with Crippen molar-refractivity contribution in [3.05, 3.63) is 0 Å². The van der Waals surface area contributed by atoms with Crippen LogP contribution < -0.4 is 14.6 Å². The summed E-state index contributed by atoms with van der Waals surface area (Å²) in [6.07, 6.45) is 4.69. The van der Waals surface area contributed by atoms with Gasteiger partial charge in [0, 0.05) is 11.1 Å². The molecule has 0 amide bonds. The predicted molar refractivity (Wildman–Crippen MR) is 145 cm³/mol. The van der Waals surface area contributed by atoms with Gasteiger partial charge in [-0.25, -0.2) is 39.8 Å². The van der Waals surface area contributed by atoms with Crippen LogP contribution in [0.2, 0.25) is 0 Å². The van der Waals surface area contributed by atoms with E-state index in [1.807, 2.05) is 46.5 Å². The van der Waals surface area contributed by atoms with Crippen molar-refractivity contribution >= 4 is 52.7 Å². The molecule has 0 saturated heterocycles. The zero-order chi connectivity index (χ0) is 26.7. The molecule has 0 unspecified atom stereocenters. The highest BCUT2D eigenvalue weighted by Crippen LogP contribution is 2.42. The number of hydrogen-bond donors (Lipinski definition) is 3. The molecule has 0 atom stereocenters. The molecule has 3 aliphatic rings. The van der Waals surface area contributed by atoms with Gasteiger partial charge in [0.1, 0.15) is 0 Å². The van der Waals surface area contributed by atoms with E-state index in [4.69, 9.17) is 5.14 Å². The third-order valence-electron chi connectivity index (χ3n) is 5.10. The lowest BCUT2D eigenvalue weighted by Crippen LogP contribution is -2.45. The van der Waals surface area contributed by atoms with E-state index in [0.29, 0.717) is 0 Å². The van der Waals surface area contributed by atoms with E-state index < -0.39 is 39.6 Å². The maximum atomic E-state index is 11.6. The van der Waals surface area contributed by atoms with Crippen molar-refractivity contribution in [2.75, 3.05) is 4.93 Å². The lowest BCUT2D eigenvalue weighted by atomic mass is 10.1. The summed E-state index contributed by atoms with van der Waals surface area (Å²) in [7, 11) is -9.32. The van der Waals surface area contributed by atoms with Gasteiger partial charge in [-0.1, -0.05) is 22.6 Å². The Morgan fingerprint density at radius 2 is 1.06 bits per heavy atom. The molecule has 200 valence electrons. The average Bonchev–Trinajstić information content (AvgIpc) is 3.38. The highest BCUT2D eigenvalue weighted by molar-refractivity contribution is 14.1. The van der Waals surface area contributed by atoms with Gasteiger partial charge in [-0.15, -0.1) is 0 Å². The van der Waals surface area contributed by atoms with Crippen LogP contribution in [0, 0.1) is 0 Å². The van der Waals surface area contributed by atoms with Crippen molar-refractivity contribution in [3.63, 3.8) is 0 Å². The molecule has 0 radical (unpaired) electrons. The zero-order valence-electron chi connectivity index (χ0n) is 21.4. The molecule has 9 nitrogen and oxygen atoms in total. The molecule has 0 aromatic heterocycles. The third kappa shape index (κ3) is 12.3. The van der Waals surface area contributed by atoms with Gasteiger partial charge in [0.15, 0.2) is 0 Å². The van der Waals surface area contributed by atoms with Crippen molar-refractivity contribution < 1.29 is 25.3 Å². The van der Waals surface area contributed by atoms with E-state index in [1.165, 1.54) is 0 Å². The average molecular weight is 646 g/mol. The molecule has 3 saturated carbocycles. The molecule has 0 spiro atoms. The maximum Gasteiger partial charge on any atom is 0.217 e. The van der Waals surface area contributed by atoms with Crippen molar-refractivity contribution in [2.24, 2.45) is 5.14 Å². The summed E-state index contributed by atoms with van der Waals surface area (Å²) in [6, 6.07) is 0. The topological polar surface area (TPSA) is 152 Å². The lowest BCUT2D eigenvalue weighted by molar-refractivity contribution is 0.483. The first kappa shape index (κ1) is 33.5. The summed E-state index contributed by atoms with van der Waals surface area (Å²) < 4.78 is 71.1. The highest BCUT2D eigenvalue weighted by Gasteiger charge is 2.51. The molecule has 0 heterocycles. The van der Waals surface area contributed by atoms with E-state index in [1.54, 1.807) is 13.8 Å². The van der Waals surface area contributed by atoms with Crippen molar-refractivity contribution in [3.8, 4) is 0 Å². The molecule has 3 rings (SSSR count). The number of sulfonamides is 3. The fourth-order valence-electron chi connectivity index (χ4n) is 2.32. The molecule has 0 aromatic rings. The predicted octanol–water partition coefficient (Wildman–Crippen LogP) is 3.00. The minimum Gasteiger partial charge on any atom is -0.228 e. The summed E-state index contributed by atoms with van der Waals surface area (Å²) in [5.74, 6) is 0. The van der Waals surface area contributed by atoms with Gasteiger partial charge in [-0.2, -0.15) is 0 Å². The molecule has 0 bridgehead atoms. The Labute approximate surface area is 216 Å². The summed E-state index contributed by atoms with van der Waals surface area (Å²) in [4.78, 5) is 1.97. The summed E-state index contributed by atoms with van der Waals surface area (Å²) >= 11 is 2.15. The Kier molecular flexibility index (Phi) is 11.4. The fraction of sp³-hybridized carbons (Fsp3) is 1.00. The number of primary sulfonamides is 1. The van der Waals surface area contributed by atoms with E-state index in [2.05, 4.69) is 32.0 Å². The Morgan fingerprint density at radius 1 is 0.727 bits per heavy atom. The van der Waals surface area contributed by atoms with Crippen LogP contribution in [-0.4, -0.2) is 56.0 Å². The van der Waals surface area contributed by atoms with Crippen molar-refractivity contribution in [1.29, 1.82) is 0 Å². The summed E-state index contributed by atoms with van der Waals surface area (Å²) in [5.41, 5.74) is -0.689. The molecule has 0 aliphatic heterocycles. The zero-order valence-corrected chi connectivity index (χ0v) is 26.1. The number of hydrogen-bond acceptors (Lipinski definition) is 6. The van der Waals surface area contributed by atoms with Gasteiger partial charge in [0.2, 0.25) is 30.1 Å². The first-order chi connectivity index (χ1) is 14.4. The molecular formula is C20H44IN3O6S3. The van der Waals surface area contributed by atoms with Gasteiger partial charge >= 0.3 is 0 Å². The standard InChI is InChI=1S/C8H17NO2S.C7H15NO2S.C4H9NO2S.CH3I/c1-7(2,3)9-12(10,11)8(4)5-6-8;1-7(2,3)8-11(9,10)6-4-5-6;1-4(2-3-4)8(5,6)7;1-2/h9H,5-6H2,1-4H3;6,8H,4-5H2,1-3H3;2-3H2,1H3,(H2,5,6,7);1H3. The second-order valence-electron chi connectivity index (χ2n) is 11.4. The SMILES string of the molecule is CC(C)(C)NS(=O)(=O)C1(C)CC1.CC(C)(C)NS(=O)(=O)C1CC1.CC1(S(N)(=O)=O)CC1.CI. The van der Waals surface area contributed by atoms with E-state index in [-0.39, 0.29) is 16.3 Å². The van der Waals surface area contributed by atoms with Crippen LogP contribution in [0.25, 0.3) is 0 Å². The number of rotatable bonds is 5. The third-order valence-corrected chi connectivity index (χ3v) is 11.7. The van der Waals surface area contributed by atoms with E-state index in [0.717, 1.165) is 38.5 Å². The monoisotopic (exact) mass is 645 g/mol. The second kappa shape index (κ2) is 11.2. The van der Waals surface area contributed by atoms with Gasteiger partial charge in [-0.3, -0.25) is 0 Å². The Balaban J connectivity index is 0.000000456. The van der Waals surface area contributed by atoms with Crippen LogP contribution in [0.1, 0.15) is 93.9 Å². The molecular weight excluding hydrogens is 601 g/mol. The van der Waals surface area contributed by atoms with E-state index >= 15 is 0 Å². The molecule has 13 heteroatoms. The first-order valence-electron chi connectivity index (χ1n) is 10.9. The van der Waals surface area contributed by atoms with Crippen LogP contribution in [0.3, 0.4) is 0 Å². The highest BCUT2D eigenvalue weighted by atomic mass is 127. The largest absolute Gasteiger partial charge is 0.228 e. The smallest absolute Gasteiger partial charge is 0.217 e. The normalized spacial score (nSPS) is 21.2. The summed E-state index contributed by atoms with van der Waals surface area (Å²) in [6.45, 7) is 14.6. The Hall–Kier alpha value is 0.460. The van der Waals surface area contributed by atoms with Crippen LogP contribution in [0.15, 0.2) is 0 Å². The van der Waals surface area contributed by atoms with Crippen LogP contribution in [0.5, 0.6) is 0 Å². The number of alkyl halides is 1. The van der Waals surface area contributed by atoms with Gasteiger partial charge in [-0.05, 0) is 98.8 Å². The lowest BCUT2D eigenvalue weighted by Gasteiger charge is -2.23. The molecule has 4 N–H and O–H groups in total. The Morgan fingerprint density at radius 3 is 1.24 bits per heavy atom. The Bertz CT molecular complexity index is 953. The quantitative estimate of drug-likeness (QED) is 0.309. The minimum atomic E-state index is -3.23. The molecule has 3 fully saturated rings. The minimum absolute atomic E-state index is 0.110. The van der Waals surface area contributed by atoms with Crippen LogP contribution >= 0.6 is 22.6 Å². The number of nitrogens with two attached hydrogens (primary N) is 1. The summed E-state index contributed by atoms with van der Waals surface area (Å²) in [5, 5.41) is 4.74. The molecule has 0 aromatic carbocycles. The van der Waals surface area contributed by atoms with Crippen LogP contribution in [0.4, 0.5) is 0 Å². The molecule has 33 heavy (non-hydrogen) atoms. The van der Waals surface area contributed by atoms with Gasteiger partial charge < -0.3 is 0 Å². The fourth-order valence-corrected chi connectivity index (χ4v) is 6.46. The maximum absolute atomic E-state index is 11.6. The first-order valence-corrected chi connectivity index (χ1v) is 17.6. The van der Waals surface area contributed by atoms with E-state index in [9.17, 15) is 25.3 Å². The van der Waals surface area contributed by atoms with Crippen LogP contribution in [-0.2, 0) is 30.1 Å². The van der Waals surface area contributed by atoms with Crippen molar-refractivity contribution in [2.45, 2.75) is 120 Å². The number of nitrogens with one attached hydrogen (secondary N) is 2. The number of halogens is 1.